The van der Waals surface area contributed by atoms with Crippen LogP contribution in [0.5, 0.6) is 0 Å². The lowest BCUT2D eigenvalue weighted by atomic mass is 9.96. The van der Waals surface area contributed by atoms with Crippen LogP contribution in [0.4, 0.5) is 0 Å². The van der Waals surface area contributed by atoms with Crippen LogP contribution in [-0.2, 0) is 9.53 Å². The summed E-state index contributed by atoms with van der Waals surface area (Å²) < 4.78 is 5.90. The Bertz CT molecular complexity index is 497. The van der Waals surface area contributed by atoms with Crippen LogP contribution < -0.4 is 5.32 Å². The lowest BCUT2D eigenvalue weighted by molar-refractivity contribution is -0.143. The maximum atomic E-state index is 12.6. The molecule has 4 nitrogen and oxygen atoms in total. The van der Waals surface area contributed by atoms with Crippen molar-refractivity contribution >= 4 is 5.91 Å². The highest BCUT2D eigenvalue weighted by Gasteiger charge is 2.31. The summed E-state index contributed by atoms with van der Waals surface area (Å²) in [6.07, 6.45) is 2.13. The van der Waals surface area contributed by atoms with Crippen LogP contribution in [0.1, 0.15) is 30.1 Å². The average Bonchev–Trinajstić information content (AvgIpc) is 2.55. The molecule has 0 unspecified atom stereocenters. The number of carbonyl (C=O) groups is 1. The summed E-state index contributed by atoms with van der Waals surface area (Å²) in [6, 6.07) is 8.29. The monoisotopic (exact) mass is 288 g/mol. The van der Waals surface area contributed by atoms with Gasteiger partial charge in [-0.3, -0.25) is 4.79 Å². The second kappa shape index (κ2) is 6.58. The van der Waals surface area contributed by atoms with E-state index in [0.29, 0.717) is 19.1 Å². The Morgan fingerprint density at radius 3 is 3.00 bits per heavy atom. The first kappa shape index (κ1) is 14.5. The van der Waals surface area contributed by atoms with Gasteiger partial charge in [-0.05, 0) is 37.4 Å². The standard InChI is InChI=1S/C17H24N2O2/c1-13-5-2-3-7-15(13)16-12-19(9-10-21-16)17(20)14-6-4-8-18-11-14/h2-3,5,7,14,16,18H,4,6,8-12H2,1H3/t14-,16+/m1/s1. The second-order valence-corrected chi connectivity index (χ2v) is 6.04. The zero-order valence-electron chi connectivity index (χ0n) is 12.7. The maximum Gasteiger partial charge on any atom is 0.227 e. The van der Waals surface area contributed by atoms with E-state index in [1.165, 1.54) is 11.1 Å². The molecule has 2 fully saturated rings. The Balaban J connectivity index is 1.68. The van der Waals surface area contributed by atoms with Crippen molar-refractivity contribution in [2.45, 2.75) is 25.9 Å². The van der Waals surface area contributed by atoms with Gasteiger partial charge in [0.25, 0.3) is 0 Å². The normalized spacial score (nSPS) is 26.6. The zero-order chi connectivity index (χ0) is 14.7. The second-order valence-electron chi connectivity index (χ2n) is 6.04. The molecule has 1 aromatic rings. The van der Waals surface area contributed by atoms with Gasteiger partial charge in [0.2, 0.25) is 5.91 Å². The molecule has 21 heavy (non-hydrogen) atoms. The van der Waals surface area contributed by atoms with Crippen molar-refractivity contribution in [3.8, 4) is 0 Å². The van der Waals surface area contributed by atoms with E-state index in [4.69, 9.17) is 4.74 Å². The molecule has 4 heteroatoms. The van der Waals surface area contributed by atoms with Crippen molar-refractivity contribution in [3.05, 3.63) is 35.4 Å². The molecule has 2 heterocycles. The molecule has 2 saturated heterocycles. The third-order valence-corrected chi connectivity index (χ3v) is 4.56. The minimum atomic E-state index is 0.0143. The Hall–Kier alpha value is -1.39. The number of piperidine rings is 1. The van der Waals surface area contributed by atoms with Crippen molar-refractivity contribution < 1.29 is 9.53 Å². The minimum absolute atomic E-state index is 0.0143. The van der Waals surface area contributed by atoms with E-state index in [2.05, 4.69) is 24.4 Å². The van der Waals surface area contributed by atoms with E-state index < -0.39 is 0 Å². The van der Waals surface area contributed by atoms with Crippen LogP contribution in [0, 0.1) is 12.8 Å². The number of hydrogen-bond acceptors (Lipinski definition) is 3. The number of rotatable bonds is 2. The van der Waals surface area contributed by atoms with Gasteiger partial charge in [0, 0.05) is 13.1 Å². The van der Waals surface area contributed by atoms with E-state index >= 15 is 0 Å². The number of aryl methyl sites for hydroxylation is 1. The van der Waals surface area contributed by atoms with Gasteiger partial charge in [0.1, 0.15) is 6.10 Å². The van der Waals surface area contributed by atoms with Crippen LogP contribution in [0.2, 0.25) is 0 Å². The van der Waals surface area contributed by atoms with Crippen molar-refractivity contribution in [2.75, 3.05) is 32.8 Å². The molecule has 2 aliphatic rings. The van der Waals surface area contributed by atoms with E-state index in [1.54, 1.807) is 0 Å². The molecule has 1 aromatic carbocycles. The van der Waals surface area contributed by atoms with Crippen LogP contribution in [-0.4, -0.2) is 43.6 Å². The number of benzene rings is 1. The first-order chi connectivity index (χ1) is 10.3. The number of hydrogen-bond donors (Lipinski definition) is 1. The SMILES string of the molecule is Cc1ccccc1[C@@H]1CN(C(=O)[C@@H]2CCCNC2)CCO1. The van der Waals surface area contributed by atoms with Gasteiger partial charge in [-0.15, -0.1) is 0 Å². The van der Waals surface area contributed by atoms with Crippen LogP contribution in [0.15, 0.2) is 24.3 Å². The summed E-state index contributed by atoms with van der Waals surface area (Å²) in [5.41, 5.74) is 2.44. The first-order valence-corrected chi connectivity index (χ1v) is 7.92. The Labute approximate surface area is 126 Å². The van der Waals surface area contributed by atoms with Crippen molar-refractivity contribution in [3.63, 3.8) is 0 Å². The molecule has 2 aliphatic heterocycles. The predicted molar refractivity (Wildman–Crippen MR) is 82.0 cm³/mol. The van der Waals surface area contributed by atoms with Crippen molar-refractivity contribution in [2.24, 2.45) is 5.92 Å². The Morgan fingerprint density at radius 2 is 2.24 bits per heavy atom. The number of nitrogens with one attached hydrogen (secondary N) is 1. The maximum absolute atomic E-state index is 12.6. The fourth-order valence-corrected chi connectivity index (χ4v) is 3.31. The predicted octanol–water partition coefficient (Wildman–Crippen LogP) is 1.89. The van der Waals surface area contributed by atoms with Gasteiger partial charge in [-0.1, -0.05) is 24.3 Å². The Kier molecular flexibility index (Phi) is 4.56. The quantitative estimate of drug-likeness (QED) is 0.903. The number of morpholine rings is 1. The highest BCUT2D eigenvalue weighted by molar-refractivity contribution is 5.79. The highest BCUT2D eigenvalue weighted by atomic mass is 16.5. The molecule has 0 saturated carbocycles. The van der Waals surface area contributed by atoms with Crippen LogP contribution in [0.25, 0.3) is 0 Å². The van der Waals surface area contributed by atoms with Crippen LogP contribution in [0.3, 0.4) is 0 Å². The average molecular weight is 288 g/mol. The molecule has 3 rings (SSSR count). The van der Waals surface area contributed by atoms with Crippen molar-refractivity contribution in [1.82, 2.24) is 10.2 Å². The molecule has 0 aromatic heterocycles. The molecule has 0 radical (unpaired) electrons. The Morgan fingerprint density at radius 1 is 1.38 bits per heavy atom. The van der Waals surface area contributed by atoms with Gasteiger partial charge < -0.3 is 15.0 Å². The van der Waals surface area contributed by atoms with Crippen molar-refractivity contribution in [1.29, 1.82) is 0 Å². The molecule has 1 amide bonds. The molecule has 0 aliphatic carbocycles. The van der Waals surface area contributed by atoms with Gasteiger partial charge >= 0.3 is 0 Å². The fourth-order valence-electron chi connectivity index (χ4n) is 3.31. The fraction of sp³-hybridized carbons (Fsp3) is 0.588. The van der Waals surface area contributed by atoms with Gasteiger partial charge in [-0.2, -0.15) is 0 Å². The molecule has 0 bridgehead atoms. The number of nitrogens with zero attached hydrogens (tertiary/aromatic N) is 1. The zero-order valence-corrected chi connectivity index (χ0v) is 12.7. The molecule has 1 N–H and O–H groups in total. The highest BCUT2D eigenvalue weighted by Crippen LogP contribution is 2.26. The third kappa shape index (κ3) is 3.27. The summed E-state index contributed by atoms with van der Waals surface area (Å²) in [7, 11) is 0. The van der Waals surface area contributed by atoms with Gasteiger partial charge in [0.05, 0.1) is 19.1 Å². The summed E-state index contributed by atoms with van der Waals surface area (Å²) >= 11 is 0. The minimum Gasteiger partial charge on any atom is -0.370 e. The molecular formula is C17H24N2O2. The number of amides is 1. The third-order valence-electron chi connectivity index (χ3n) is 4.56. The van der Waals surface area contributed by atoms with E-state index in [9.17, 15) is 4.79 Å². The molecule has 114 valence electrons. The van der Waals surface area contributed by atoms with E-state index in [-0.39, 0.29) is 12.0 Å². The summed E-state index contributed by atoms with van der Waals surface area (Å²) in [4.78, 5) is 14.6. The van der Waals surface area contributed by atoms with E-state index in [1.807, 2.05) is 17.0 Å². The topological polar surface area (TPSA) is 41.6 Å². The summed E-state index contributed by atoms with van der Waals surface area (Å²) in [5.74, 6) is 0.443. The lowest BCUT2D eigenvalue weighted by Gasteiger charge is -2.36. The smallest absolute Gasteiger partial charge is 0.227 e. The number of ether oxygens (including phenoxy) is 1. The van der Waals surface area contributed by atoms with E-state index in [0.717, 1.165) is 32.5 Å². The van der Waals surface area contributed by atoms with Gasteiger partial charge in [0.15, 0.2) is 0 Å². The molecule has 0 spiro atoms. The molecular weight excluding hydrogens is 264 g/mol. The summed E-state index contributed by atoms with van der Waals surface area (Å²) in [5, 5.41) is 3.33. The first-order valence-electron chi connectivity index (χ1n) is 7.92. The van der Waals surface area contributed by atoms with Crippen LogP contribution >= 0.6 is 0 Å². The largest absolute Gasteiger partial charge is 0.370 e. The molecule has 2 atom stereocenters. The summed E-state index contributed by atoms with van der Waals surface area (Å²) in [6.45, 7) is 6.00. The van der Waals surface area contributed by atoms with Gasteiger partial charge in [-0.25, -0.2) is 0 Å². The lowest BCUT2D eigenvalue weighted by Crippen LogP contribution is -2.48. The number of carbonyl (C=O) groups excluding carboxylic acids is 1.